The van der Waals surface area contributed by atoms with Gasteiger partial charge in [0.15, 0.2) is 0 Å². The molecule has 5 nitrogen and oxygen atoms in total. The second kappa shape index (κ2) is 5.30. The average Bonchev–Trinajstić information content (AvgIpc) is 2.92. The summed E-state index contributed by atoms with van der Waals surface area (Å²) in [5, 5.41) is 20.5. The van der Waals surface area contributed by atoms with Crippen molar-refractivity contribution in [2.24, 2.45) is 17.8 Å². The van der Waals surface area contributed by atoms with Gasteiger partial charge in [0.2, 0.25) is 5.91 Å². The van der Waals surface area contributed by atoms with Crippen molar-refractivity contribution in [3.05, 3.63) is 0 Å². The number of carboxylic acid groups (broad SMARTS) is 1. The molecule has 5 heteroatoms. The number of hydrogen-bond donors (Lipinski definition) is 3. The summed E-state index contributed by atoms with van der Waals surface area (Å²) in [6.45, 7) is 4.14. The number of carbonyl (C=O) groups is 2. The number of aliphatic carboxylic acids is 1. The van der Waals surface area contributed by atoms with E-state index >= 15 is 0 Å². The molecule has 0 saturated heterocycles. The average molecular weight is 229 g/mol. The quantitative estimate of drug-likeness (QED) is 0.608. The first-order valence-corrected chi connectivity index (χ1v) is 5.60. The van der Waals surface area contributed by atoms with Crippen molar-refractivity contribution in [3.63, 3.8) is 0 Å². The summed E-state index contributed by atoms with van der Waals surface area (Å²) in [7, 11) is 0. The molecule has 0 spiro atoms. The maximum absolute atomic E-state index is 11.5. The van der Waals surface area contributed by atoms with Crippen LogP contribution in [-0.4, -0.2) is 34.7 Å². The minimum atomic E-state index is -0.892. The summed E-state index contributed by atoms with van der Waals surface area (Å²) in [6.07, 6.45) is 0.707. The van der Waals surface area contributed by atoms with Gasteiger partial charge < -0.3 is 15.5 Å². The van der Waals surface area contributed by atoms with Crippen LogP contribution in [0.25, 0.3) is 0 Å². The summed E-state index contributed by atoms with van der Waals surface area (Å²) >= 11 is 0. The Morgan fingerprint density at radius 1 is 1.38 bits per heavy atom. The van der Waals surface area contributed by atoms with Crippen LogP contribution in [0.4, 0.5) is 0 Å². The molecule has 1 aliphatic carbocycles. The minimum Gasteiger partial charge on any atom is -0.481 e. The fourth-order valence-corrected chi connectivity index (χ4v) is 1.83. The Morgan fingerprint density at radius 2 is 2.00 bits per heavy atom. The maximum atomic E-state index is 11.5. The lowest BCUT2D eigenvalue weighted by atomic mass is 10.0. The van der Waals surface area contributed by atoms with Crippen molar-refractivity contribution in [1.82, 2.24) is 5.32 Å². The maximum Gasteiger partial charge on any atom is 0.307 e. The van der Waals surface area contributed by atoms with E-state index in [9.17, 15) is 9.59 Å². The molecule has 0 aliphatic heterocycles. The fourth-order valence-electron chi connectivity index (χ4n) is 1.83. The predicted molar refractivity (Wildman–Crippen MR) is 57.7 cm³/mol. The molecule has 1 aliphatic rings. The number of carbonyl (C=O) groups excluding carboxylic acids is 1. The molecule has 0 heterocycles. The molecule has 0 aromatic heterocycles. The van der Waals surface area contributed by atoms with E-state index in [2.05, 4.69) is 5.32 Å². The number of hydrogen-bond acceptors (Lipinski definition) is 3. The van der Waals surface area contributed by atoms with Gasteiger partial charge >= 0.3 is 5.97 Å². The van der Waals surface area contributed by atoms with Crippen LogP contribution in [0.1, 0.15) is 26.7 Å². The van der Waals surface area contributed by atoms with E-state index in [1.165, 1.54) is 0 Å². The van der Waals surface area contributed by atoms with Crippen molar-refractivity contribution in [3.8, 4) is 0 Å². The Morgan fingerprint density at radius 3 is 2.44 bits per heavy atom. The Kier molecular flexibility index (Phi) is 4.29. The number of amides is 1. The Balaban J connectivity index is 2.19. The summed E-state index contributed by atoms with van der Waals surface area (Å²) in [4.78, 5) is 22.0. The molecule has 0 radical (unpaired) electrons. The lowest BCUT2D eigenvalue weighted by molar-refractivity contribution is -0.140. The summed E-state index contributed by atoms with van der Waals surface area (Å²) in [5.74, 6) is -1.71. The van der Waals surface area contributed by atoms with Crippen LogP contribution in [0.3, 0.4) is 0 Å². The molecule has 3 N–H and O–H groups in total. The fraction of sp³-hybridized carbons (Fsp3) is 0.818. The van der Waals surface area contributed by atoms with Crippen LogP contribution in [0.2, 0.25) is 0 Å². The van der Waals surface area contributed by atoms with E-state index in [1.54, 1.807) is 6.92 Å². The van der Waals surface area contributed by atoms with Crippen LogP contribution in [0.15, 0.2) is 0 Å². The third kappa shape index (κ3) is 3.81. The van der Waals surface area contributed by atoms with Gasteiger partial charge in [0, 0.05) is 6.54 Å². The third-order valence-electron chi connectivity index (χ3n) is 2.81. The zero-order chi connectivity index (χ0) is 12.3. The zero-order valence-electron chi connectivity index (χ0n) is 9.64. The highest BCUT2D eigenvalue weighted by Crippen LogP contribution is 2.38. The number of aliphatic hydroxyl groups excluding tert-OH is 1. The molecule has 0 bridgehead atoms. The van der Waals surface area contributed by atoms with Crippen LogP contribution < -0.4 is 5.32 Å². The van der Waals surface area contributed by atoms with Gasteiger partial charge in [-0.3, -0.25) is 9.59 Å². The standard InChI is InChI=1S/C11H19NO4/c1-6(3-7(2)13)5-12-10(14)8-4-9(8)11(15)16/h6-9,13H,3-5H2,1-2H3,(H,12,14)(H,15,16). The Labute approximate surface area is 94.8 Å². The number of carboxylic acids is 1. The largest absolute Gasteiger partial charge is 0.481 e. The second-order valence-corrected chi connectivity index (χ2v) is 4.72. The normalized spacial score (nSPS) is 26.9. The smallest absolute Gasteiger partial charge is 0.307 e. The highest BCUT2D eigenvalue weighted by molar-refractivity contribution is 5.89. The van der Waals surface area contributed by atoms with E-state index in [1.807, 2.05) is 6.92 Å². The molecule has 1 rings (SSSR count). The summed E-state index contributed by atoms with van der Waals surface area (Å²) in [5.41, 5.74) is 0. The minimum absolute atomic E-state index is 0.176. The lowest BCUT2D eigenvalue weighted by Crippen LogP contribution is -2.31. The number of aliphatic hydroxyl groups is 1. The first kappa shape index (κ1) is 13.0. The van der Waals surface area contributed by atoms with Crippen LogP contribution in [0, 0.1) is 17.8 Å². The van der Waals surface area contributed by atoms with Crippen LogP contribution in [0.5, 0.6) is 0 Å². The number of nitrogens with one attached hydrogen (secondary N) is 1. The molecule has 1 fully saturated rings. The predicted octanol–water partition coefficient (Wildman–Crippen LogP) is 0.230. The lowest BCUT2D eigenvalue weighted by Gasteiger charge is -2.13. The van der Waals surface area contributed by atoms with Crippen molar-refractivity contribution >= 4 is 11.9 Å². The highest BCUT2D eigenvalue weighted by Gasteiger charge is 2.48. The van der Waals surface area contributed by atoms with E-state index in [0.29, 0.717) is 19.4 Å². The molecule has 1 saturated carbocycles. The van der Waals surface area contributed by atoms with Gasteiger partial charge in [-0.1, -0.05) is 6.92 Å². The van der Waals surface area contributed by atoms with E-state index < -0.39 is 11.9 Å². The summed E-state index contributed by atoms with van der Waals surface area (Å²) < 4.78 is 0. The molecule has 1 amide bonds. The molecule has 0 aromatic rings. The van der Waals surface area contributed by atoms with Crippen LogP contribution in [-0.2, 0) is 9.59 Å². The topological polar surface area (TPSA) is 86.6 Å². The summed E-state index contributed by atoms with van der Waals surface area (Å²) in [6, 6.07) is 0. The number of rotatable bonds is 6. The molecule has 4 atom stereocenters. The monoisotopic (exact) mass is 229 g/mol. The molecule has 92 valence electrons. The van der Waals surface area contributed by atoms with E-state index in [-0.39, 0.29) is 23.8 Å². The van der Waals surface area contributed by atoms with Gasteiger partial charge in [-0.15, -0.1) is 0 Å². The molecule has 16 heavy (non-hydrogen) atoms. The van der Waals surface area contributed by atoms with Crippen molar-refractivity contribution in [2.45, 2.75) is 32.8 Å². The van der Waals surface area contributed by atoms with Gasteiger partial charge in [0.05, 0.1) is 17.9 Å². The van der Waals surface area contributed by atoms with E-state index in [0.717, 1.165) is 0 Å². The molecule has 0 aromatic carbocycles. The van der Waals surface area contributed by atoms with Crippen molar-refractivity contribution < 1.29 is 19.8 Å². The Hall–Kier alpha value is -1.10. The second-order valence-electron chi connectivity index (χ2n) is 4.72. The zero-order valence-corrected chi connectivity index (χ0v) is 9.64. The first-order chi connectivity index (χ1) is 7.41. The van der Waals surface area contributed by atoms with Gasteiger partial charge in [-0.2, -0.15) is 0 Å². The van der Waals surface area contributed by atoms with Gasteiger partial charge in [-0.25, -0.2) is 0 Å². The molecule has 4 unspecified atom stereocenters. The van der Waals surface area contributed by atoms with Gasteiger partial charge in [-0.05, 0) is 25.7 Å². The van der Waals surface area contributed by atoms with Gasteiger partial charge in [0.25, 0.3) is 0 Å². The molecular weight excluding hydrogens is 210 g/mol. The van der Waals surface area contributed by atoms with Crippen molar-refractivity contribution in [1.29, 1.82) is 0 Å². The SMILES string of the molecule is CC(O)CC(C)CNC(=O)C1CC1C(=O)O. The Bertz CT molecular complexity index is 277. The third-order valence-corrected chi connectivity index (χ3v) is 2.81. The first-order valence-electron chi connectivity index (χ1n) is 5.60. The van der Waals surface area contributed by atoms with Gasteiger partial charge in [0.1, 0.15) is 0 Å². The highest BCUT2D eigenvalue weighted by atomic mass is 16.4. The van der Waals surface area contributed by atoms with E-state index in [4.69, 9.17) is 10.2 Å². The van der Waals surface area contributed by atoms with Crippen molar-refractivity contribution in [2.75, 3.05) is 6.54 Å². The molecular formula is C11H19NO4. The van der Waals surface area contributed by atoms with Crippen LogP contribution >= 0.6 is 0 Å².